The molecule has 0 unspecified atom stereocenters. The van der Waals surface area contributed by atoms with Gasteiger partial charge in [-0.05, 0) is 17.6 Å². The highest BCUT2D eigenvalue weighted by atomic mass is 19.3. The van der Waals surface area contributed by atoms with E-state index in [2.05, 4.69) is 9.60 Å². The number of hydrogen-bond acceptors (Lipinski definition) is 4. The summed E-state index contributed by atoms with van der Waals surface area (Å²) in [5.74, 6) is -0.557. The highest BCUT2D eigenvalue weighted by Gasteiger charge is 2.18. The minimum atomic E-state index is -1.68. The zero-order valence-corrected chi connectivity index (χ0v) is 7.44. The Morgan fingerprint density at radius 2 is 2.29 bits per heavy atom. The number of esters is 1. The van der Waals surface area contributed by atoms with Gasteiger partial charge in [-0.1, -0.05) is 16.7 Å². The van der Waals surface area contributed by atoms with Crippen molar-refractivity contribution in [3.63, 3.8) is 0 Å². The molecule has 0 aromatic heterocycles. The first-order valence-electron chi connectivity index (χ1n) is 3.82. The summed E-state index contributed by atoms with van der Waals surface area (Å²) in [5, 5.41) is 8.96. The zero-order valence-electron chi connectivity index (χ0n) is 7.44. The average Bonchev–Trinajstić information content (AvgIpc) is 2.27. The highest BCUT2D eigenvalue weighted by molar-refractivity contribution is 6.59. The van der Waals surface area contributed by atoms with E-state index in [4.69, 9.17) is 5.02 Å². The van der Waals surface area contributed by atoms with Crippen LogP contribution in [0.15, 0.2) is 24.3 Å². The van der Waals surface area contributed by atoms with Gasteiger partial charge < -0.3 is 9.76 Å². The summed E-state index contributed by atoms with van der Waals surface area (Å²) in [6, 6.07) is 5.69. The Morgan fingerprint density at radius 1 is 1.57 bits per heavy atom. The molecule has 14 heavy (non-hydrogen) atoms. The molecule has 1 aromatic rings. The Labute approximate surface area is 80.3 Å². The Balaban J connectivity index is 2.95. The lowest BCUT2D eigenvalue weighted by Gasteiger charge is -2.03. The van der Waals surface area contributed by atoms with Gasteiger partial charge in [0.2, 0.25) is 0 Å². The standard InChI is InChI=1S/C8H8BFO4/c1-13-8(11)6-3-2-4-7(5-6)9(12)14-10/h2-5,12H,1H3. The number of hydrogen-bond donors (Lipinski definition) is 1. The van der Waals surface area contributed by atoms with Crippen LogP contribution in [0, 0.1) is 0 Å². The smallest absolute Gasteiger partial charge is 0.465 e. The molecule has 0 atom stereocenters. The van der Waals surface area contributed by atoms with Crippen molar-refractivity contribution in [3.05, 3.63) is 29.8 Å². The minimum absolute atomic E-state index is 0.149. The van der Waals surface area contributed by atoms with Crippen LogP contribution in [0.2, 0.25) is 0 Å². The van der Waals surface area contributed by atoms with Crippen molar-refractivity contribution in [2.24, 2.45) is 0 Å². The second-order valence-corrected chi connectivity index (χ2v) is 2.56. The first-order chi connectivity index (χ1) is 6.69. The predicted molar refractivity (Wildman–Crippen MR) is 47.6 cm³/mol. The van der Waals surface area contributed by atoms with E-state index in [0.717, 1.165) is 0 Å². The topological polar surface area (TPSA) is 55.8 Å². The van der Waals surface area contributed by atoms with Crippen LogP contribution in [0.4, 0.5) is 4.53 Å². The average molecular weight is 198 g/mol. The second-order valence-electron chi connectivity index (χ2n) is 2.56. The molecule has 1 rings (SSSR count). The fourth-order valence-electron chi connectivity index (χ4n) is 0.989. The monoisotopic (exact) mass is 198 g/mol. The SMILES string of the molecule is COC(=O)c1cccc(B(O)OF)c1. The van der Waals surface area contributed by atoms with Gasteiger partial charge in [-0.15, -0.1) is 0 Å². The van der Waals surface area contributed by atoms with Crippen LogP contribution in [0.3, 0.4) is 0 Å². The summed E-state index contributed by atoms with van der Waals surface area (Å²) in [6.07, 6.45) is 0. The van der Waals surface area contributed by atoms with Gasteiger partial charge in [0.1, 0.15) is 0 Å². The van der Waals surface area contributed by atoms with Crippen LogP contribution in [-0.2, 0) is 9.60 Å². The maximum atomic E-state index is 11.6. The molecule has 0 radical (unpaired) electrons. The molecule has 0 bridgehead atoms. The molecule has 0 aliphatic rings. The van der Waals surface area contributed by atoms with Gasteiger partial charge in [-0.25, -0.2) is 9.65 Å². The number of benzene rings is 1. The van der Waals surface area contributed by atoms with Crippen LogP contribution >= 0.6 is 0 Å². The third-order valence-corrected chi connectivity index (χ3v) is 1.68. The molecule has 0 saturated heterocycles. The third kappa shape index (κ3) is 2.30. The molecule has 1 N–H and O–H groups in total. The maximum Gasteiger partial charge on any atom is 0.529 e. The summed E-state index contributed by atoms with van der Waals surface area (Å²) < 4.78 is 16.1. The molecular formula is C8H8BFO4. The summed E-state index contributed by atoms with van der Waals surface area (Å²) in [4.78, 5) is 14.2. The molecule has 4 nitrogen and oxygen atoms in total. The summed E-state index contributed by atoms with van der Waals surface area (Å²) in [5.41, 5.74) is 0.372. The predicted octanol–water partition coefficient (Wildman–Crippen LogP) is 0.0618. The summed E-state index contributed by atoms with van der Waals surface area (Å²) >= 11 is 0. The summed E-state index contributed by atoms with van der Waals surface area (Å²) in [7, 11) is -0.448. The zero-order chi connectivity index (χ0) is 10.6. The first-order valence-corrected chi connectivity index (χ1v) is 3.82. The fourth-order valence-corrected chi connectivity index (χ4v) is 0.989. The van der Waals surface area contributed by atoms with Gasteiger partial charge in [0.15, 0.2) is 0 Å². The molecule has 0 heterocycles. The molecule has 1 aromatic carbocycles. The van der Waals surface area contributed by atoms with E-state index in [-0.39, 0.29) is 11.0 Å². The van der Waals surface area contributed by atoms with E-state index in [1.165, 1.54) is 31.4 Å². The maximum absolute atomic E-state index is 11.6. The van der Waals surface area contributed by atoms with Crippen molar-refractivity contribution in [1.29, 1.82) is 0 Å². The lowest BCUT2D eigenvalue weighted by Crippen LogP contribution is -2.31. The van der Waals surface area contributed by atoms with Crippen LogP contribution in [0.1, 0.15) is 10.4 Å². The van der Waals surface area contributed by atoms with Crippen molar-refractivity contribution in [3.8, 4) is 0 Å². The molecule has 0 spiro atoms. The Bertz CT molecular complexity index is 331. The third-order valence-electron chi connectivity index (χ3n) is 1.68. The molecule has 0 fully saturated rings. The Hall–Kier alpha value is -1.40. The lowest BCUT2D eigenvalue weighted by atomic mass is 9.79. The molecule has 74 valence electrons. The number of rotatable bonds is 3. The van der Waals surface area contributed by atoms with E-state index in [0.29, 0.717) is 0 Å². The van der Waals surface area contributed by atoms with E-state index in [1.807, 2.05) is 0 Å². The number of carbonyl (C=O) groups is 1. The Kier molecular flexibility index (Phi) is 3.61. The second kappa shape index (κ2) is 4.73. The van der Waals surface area contributed by atoms with Crippen molar-refractivity contribution >= 4 is 18.6 Å². The molecule has 0 aliphatic carbocycles. The van der Waals surface area contributed by atoms with E-state index < -0.39 is 13.1 Å². The van der Waals surface area contributed by atoms with E-state index in [1.54, 1.807) is 0 Å². The van der Waals surface area contributed by atoms with Gasteiger partial charge in [-0.3, -0.25) is 0 Å². The molecular weight excluding hydrogens is 190 g/mol. The largest absolute Gasteiger partial charge is 0.529 e. The first kappa shape index (κ1) is 10.7. The number of ether oxygens (including phenoxy) is 1. The lowest BCUT2D eigenvalue weighted by molar-refractivity contribution is -0.0267. The van der Waals surface area contributed by atoms with Gasteiger partial charge in [-0.2, -0.15) is 0 Å². The van der Waals surface area contributed by atoms with Gasteiger partial charge in [0.25, 0.3) is 0 Å². The fraction of sp³-hybridized carbons (Fsp3) is 0.125. The van der Waals surface area contributed by atoms with Crippen LogP contribution in [0.5, 0.6) is 0 Å². The van der Waals surface area contributed by atoms with Gasteiger partial charge in [0, 0.05) is 0 Å². The highest BCUT2D eigenvalue weighted by Crippen LogP contribution is 2.00. The molecule has 6 heteroatoms. The van der Waals surface area contributed by atoms with Crippen molar-refractivity contribution in [2.75, 3.05) is 7.11 Å². The van der Waals surface area contributed by atoms with Gasteiger partial charge in [0.05, 0.1) is 12.7 Å². The van der Waals surface area contributed by atoms with Gasteiger partial charge >= 0.3 is 13.1 Å². The number of halogens is 1. The van der Waals surface area contributed by atoms with E-state index in [9.17, 15) is 9.32 Å². The van der Waals surface area contributed by atoms with Crippen LogP contribution < -0.4 is 5.46 Å². The van der Waals surface area contributed by atoms with Crippen LogP contribution in [0.25, 0.3) is 0 Å². The Morgan fingerprint density at radius 3 is 2.86 bits per heavy atom. The molecule has 0 amide bonds. The minimum Gasteiger partial charge on any atom is -0.465 e. The normalized spacial score (nSPS) is 9.64. The molecule has 0 saturated carbocycles. The number of methoxy groups -OCH3 is 1. The molecule has 0 aliphatic heterocycles. The summed E-state index contributed by atoms with van der Waals surface area (Å²) in [6.45, 7) is 0. The number of carbonyl (C=O) groups excluding carboxylic acids is 1. The van der Waals surface area contributed by atoms with E-state index >= 15 is 0 Å². The van der Waals surface area contributed by atoms with Crippen molar-refractivity contribution < 1.29 is 23.9 Å². The van der Waals surface area contributed by atoms with Crippen LogP contribution in [-0.4, -0.2) is 25.2 Å². The van der Waals surface area contributed by atoms with Crippen molar-refractivity contribution in [2.45, 2.75) is 0 Å². The quantitative estimate of drug-likeness (QED) is 0.551. The van der Waals surface area contributed by atoms with Crippen molar-refractivity contribution in [1.82, 2.24) is 0 Å².